The zero-order chi connectivity index (χ0) is 24.1. The van der Waals surface area contributed by atoms with Gasteiger partial charge in [0.15, 0.2) is 11.5 Å². The van der Waals surface area contributed by atoms with Crippen molar-refractivity contribution in [3.05, 3.63) is 83.8 Å². The summed E-state index contributed by atoms with van der Waals surface area (Å²) < 4.78 is 43.8. The van der Waals surface area contributed by atoms with Crippen LogP contribution in [-0.2, 0) is 13.0 Å². The fraction of sp³-hybridized carbons (Fsp3) is 0.125. The van der Waals surface area contributed by atoms with E-state index in [1.165, 1.54) is 22.8 Å². The first-order valence-corrected chi connectivity index (χ1v) is 10.8. The van der Waals surface area contributed by atoms with Gasteiger partial charge in [0.2, 0.25) is 11.9 Å². The molecule has 6 rings (SSSR count). The van der Waals surface area contributed by atoms with Crippen LogP contribution in [0.3, 0.4) is 0 Å². The first-order chi connectivity index (χ1) is 16.9. The largest absolute Gasteiger partial charge is 0.326 e. The van der Waals surface area contributed by atoms with Crippen LogP contribution in [0.5, 0.6) is 0 Å². The maximum absolute atomic E-state index is 13.5. The highest BCUT2D eigenvalue weighted by atomic mass is 19.1. The van der Waals surface area contributed by atoms with Gasteiger partial charge in [0.1, 0.15) is 17.3 Å². The minimum atomic E-state index is -1.10. The molecule has 8 nitrogen and oxygen atoms in total. The minimum Gasteiger partial charge on any atom is -0.326 e. The summed E-state index contributed by atoms with van der Waals surface area (Å²) in [5, 5.41) is 7.18. The number of pyridine rings is 1. The Bertz CT molecular complexity index is 1590. The zero-order valence-electron chi connectivity index (χ0n) is 18.0. The number of hydrogen-bond donors (Lipinski definition) is 1. The Balaban J connectivity index is 1.37. The van der Waals surface area contributed by atoms with Crippen LogP contribution in [0, 0.1) is 17.7 Å². The molecule has 1 N–H and O–H groups in total. The first kappa shape index (κ1) is 21.0. The van der Waals surface area contributed by atoms with E-state index in [-0.39, 0.29) is 17.2 Å². The van der Waals surface area contributed by atoms with Crippen LogP contribution in [0.4, 0.5) is 19.0 Å². The van der Waals surface area contributed by atoms with Gasteiger partial charge in [-0.25, -0.2) is 18.9 Å². The Labute approximate surface area is 196 Å². The molecular weight excluding hydrogens is 459 g/mol. The Kier molecular flexibility index (Phi) is 4.83. The standard InChI is InChI=1S/C24H16F3N7O/c25-15-5-3-13(4-6-15)22-23(33-9-1-2-20(33)31-22)16-7-8-21-29-19(12-34(21)32-16)30-24(35)14-10-17(26)28-18(27)11-14/h3-8,10-12H,1-2,9H2,(H,30,35). The molecule has 11 heteroatoms. The van der Waals surface area contributed by atoms with Crippen molar-refractivity contribution in [2.45, 2.75) is 19.4 Å². The second-order valence-electron chi connectivity index (χ2n) is 8.09. The number of aromatic nitrogens is 6. The van der Waals surface area contributed by atoms with Crippen molar-refractivity contribution in [1.29, 1.82) is 0 Å². The quantitative estimate of drug-likeness (QED) is 0.392. The van der Waals surface area contributed by atoms with Gasteiger partial charge in [0.25, 0.3) is 5.91 Å². The number of anilines is 1. The highest BCUT2D eigenvalue weighted by Crippen LogP contribution is 2.35. The first-order valence-electron chi connectivity index (χ1n) is 10.8. The average Bonchev–Trinajstić information content (AvgIpc) is 3.52. The SMILES string of the molecule is O=C(Nc1cn2nc(-c3c(-c4ccc(F)cc4)nc4n3CCC4)ccc2n1)c1cc(F)nc(F)c1. The van der Waals surface area contributed by atoms with Crippen molar-refractivity contribution in [2.75, 3.05) is 5.32 Å². The van der Waals surface area contributed by atoms with Crippen molar-refractivity contribution in [1.82, 2.24) is 29.1 Å². The Morgan fingerprint density at radius 1 is 0.943 bits per heavy atom. The molecule has 0 bridgehead atoms. The van der Waals surface area contributed by atoms with Gasteiger partial charge in [-0.1, -0.05) is 0 Å². The summed E-state index contributed by atoms with van der Waals surface area (Å²) in [5.74, 6) is -2.15. The summed E-state index contributed by atoms with van der Waals surface area (Å²) in [6.07, 6.45) is 3.32. The third kappa shape index (κ3) is 3.80. The molecule has 1 aromatic carbocycles. The van der Waals surface area contributed by atoms with E-state index in [2.05, 4.69) is 25.0 Å². The third-order valence-corrected chi connectivity index (χ3v) is 5.78. The van der Waals surface area contributed by atoms with Crippen molar-refractivity contribution in [3.8, 4) is 22.6 Å². The number of nitrogens with zero attached hydrogens (tertiary/aromatic N) is 6. The predicted octanol–water partition coefficient (Wildman–Crippen LogP) is 4.27. The van der Waals surface area contributed by atoms with Crippen molar-refractivity contribution in [2.24, 2.45) is 0 Å². The van der Waals surface area contributed by atoms with Crippen LogP contribution in [0.15, 0.2) is 54.7 Å². The molecule has 1 aliphatic heterocycles. The van der Waals surface area contributed by atoms with E-state index >= 15 is 0 Å². The van der Waals surface area contributed by atoms with Crippen LogP contribution in [0.1, 0.15) is 22.6 Å². The topological polar surface area (TPSA) is 90.0 Å². The van der Waals surface area contributed by atoms with Crippen molar-refractivity contribution in [3.63, 3.8) is 0 Å². The number of imidazole rings is 2. The molecule has 0 atom stereocenters. The van der Waals surface area contributed by atoms with E-state index in [4.69, 9.17) is 4.98 Å². The molecule has 4 aromatic heterocycles. The average molecular weight is 475 g/mol. The molecule has 0 aliphatic carbocycles. The second kappa shape index (κ2) is 8.05. The number of aryl methyl sites for hydroxylation is 1. The number of rotatable bonds is 4. The highest BCUT2D eigenvalue weighted by Gasteiger charge is 2.24. The van der Waals surface area contributed by atoms with Gasteiger partial charge < -0.3 is 9.88 Å². The lowest BCUT2D eigenvalue weighted by molar-refractivity contribution is 0.102. The fourth-order valence-electron chi connectivity index (χ4n) is 4.25. The molecule has 1 aliphatic rings. The van der Waals surface area contributed by atoms with Gasteiger partial charge in [0, 0.05) is 36.2 Å². The van der Waals surface area contributed by atoms with E-state index in [0.29, 0.717) is 17.0 Å². The van der Waals surface area contributed by atoms with Gasteiger partial charge in [-0.05, 0) is 42.8 Å². The molecule has 5 heterocycles. The lowest BCUT2D eigenvalue weighted by atomic mass is 10.1. The Morgan fingerprint density at radius 3 is 2.49 bits per heavy atom. The van der Waals surface area contributed by atoms with Crippen LogP contribution >= 0.6 is 0 Å². The molecule has 0 unspecified atom stereocenters. The molecule has 174 valence electrons. The smallest absolute Gasteiger partial charge is 0.257 e. The number of benzene rings is 1. The monoisotopic (exact) mass is 475 g/mol. The predicted molar refractivity (Wildman–Crippen MR) is 120 cm³/mol. The summed E-state index contributed by atoms with van der Waals surface area (Å²) in [6, 6.07) is 11.4. The number of amides is 1. The molecule has 35 heavy (non-hydrogen) atoms. The molecule has 5 aromatic rings. The number of hydrogen-bond acceptors (Lipinski definition) is 5. The number of halogens is 3. The van der Waals surface area contributed by atoms with Crippen LogP contribution in [-0.4, -0.2) is 35.0 Å². The summed E-state index contributed by atoms with van der Waals surface area (Å²) in [5.41, 5.74) is 3.17. The maximum Gasteiger partial charge on any atom is 0.257 e. The second-order valence-corrected chi connectivity index (χ2v) is 8.09. The Hall–Kier alpha value is -4.54. The van der Waals surface area contributed by atoms with Crippen molar-refractivity contribution < 1.29 is 18.0 Å². The van der Waals surface area contributed by atoms with E-state index in [1.807, 2.05) is 0 Å². The van der Waals surface area contributed by atoms with Gasteiger partial charge >= 0.3 is 0 Å². The molecular formula is C24H16F3N7O. The van der Waals surface area contributed by atoms with Crippen LogP contribution < -0.4 is 5.32 Å². The fourth-order valence-corrected chi connectivity index (χ4v) is 4.25. The van der Waals surface area contributed by atoms with Gasteiger partial charge in [-0.15, -0.1) is 0 Å². The minimum absolute atomic E-state index is 0.162. The van der Waals surface area contributed by atoms with Crippen LogP contribution in [0.25, 0.3) is 28.3 Å². The van der Waals surface area contributed by atoms with E-state index in [0.717, 1.165) is 48.6 Å². The molecule has 0 saturated carbocycles. The number of carbonyl (C=O) groups is 1. The summed E-state index contributed by atoms with van der Waals surface area (Å²) in [7, 11) is 0. The third-order valence-electron chi connectivity index (χ3n) is 5.78. The van der Waals surface area contributed by atoms with Gasteiger partial charge in [0.05, 0.1) is 17.6 Å². The lowest BCUT2D eigenvalue weighted by Gasteiger charge is -2.08. The summed E-state index contributed by atoms with van der Waals surface area (Å²) in [6.45, 7) is 0.795. The number of carbonyl (C=O) groups excluding carboxylic acids is 1. The highest BCUT2D eigenvalue weighted by molar-refractivity contribution is 6.03. The number of nitrogens with one attached hydrogen (secondary N) is 1. The Morgan fingerprint density at radius 2 is 1.71 bits per heavy atom. The maximum atomic E-state index is 13.5. The molecule has 0 saturated heterocycles. The van der Waals surface area contributed by atoms with Crippen LogP contribution in [0.2, 0.25) is 0 Å². The summed E-state index contributed by atoms with van der Waals surface area (Å²) >= 11 is 0. The number of fused-ring (bicyclic) bond motifs is 2. The van der Waals surface area contributed by atoms with E-state index in [9.17, 15) is 18.0 Å². The molecule has 0 radical (unpaired) electrons. The van der Waals surface area contributed by atoms with Gasteiger partial charge in [-0.3, -0.25) is 4.79 Å². The lowest BCUT2D eigenvalue weighted by Crippen LogP contribution is -2.13. The molecule has 0 spiro atoms. The van der Waals surface area contributed by atoms with E-state index in [1.54, 1.807) is 24.3 Å². The molecule has 0 fully saturated rings. The molecule has 1 amide bonds. The summed E-state index contributed by atoms with van der Waals surface area (Å²) in [4.78, 5) is 24.5. The normalized spacial score (nSPS) is 12.8. The van der Waals surface area contributed by atoms with E-state index < -0.39 is 17.8 Å². The zero-order valence-corrected chi connectivity index (χ0v) is 18.0. The van der Waals surface area contributed by atoms with Crippen molar-refractivity contribution >= 4 is 17.4 Å². The van der Waals surface area contributed by atoms with Gasteiger partial charge in [-0.2, -0.15) is 18.9 Å².